The first-order valence-electron chi connectivity index (χ1n) is 7.39. The molecule has 1 saturated heterocycles. The molecule has 2 aromatic rings. The molecule has 0 unspecified atom stereocenters. The number of nitrogens with zero attached hydrogens (tertiary/aromatic N) is 2. The molecule has 0 spiro atoms. The third-order valence-electron chi connectivity index (χ3n) is 3.84. The van der Waals surface area contributed by atoms with Crippen molar-refractivity contribution in [3.63, 3.8) is 0 Å². The smallest absolute Gasteiger partial charge is 0.162 e. The quantitative estimate of drug-likeness (QED) is 0.939. The molecule has 0 aliphatic carbocycles. The van der Waals surface area contributed by atoms with E-state index in [9.17, 15) is 0 Å². The molecule has 1 aromatic carbocycles. The number of thioether (sulfide) groups is 1. The van der Waals surface area contributed by atoms with Crippen LogP contribution in [0.1, 0.15) is 12.8 Å². The average Bonchev–Trinajstić information content (AvgIpc) is 2.88. The first-order chi connectivity index (χ1) is 10.7. The molecule has 1 aliphatic rings. The molecule has 6 heteroatoms. The molecule has 0 atom stereocenters. The molecule has 1 aromatic heterocycles. The molecule has 1 aliphatic heterocycles. The van der Waals surface area contributed by atoms with Crippen LogP contribution >= 0.6 is 11.8 Å². The second-order valence-corrected chi connectivity index (χ2v) is 6.60. The number of hydrogen-bond acceptors (Lipinski definition) is 5. The van der Waals surface area contributed by atoms with Crippen molar-refractivity contribution in [2.24, 2.45) is 7.05 Å². The number of hydrogen-bond donors (Lipinski definition) is 1. The van der Waals surface area contributed by atoms with Crippen LogP contribution in [0.3, 0.4) is 0 Å². The molecule has 5 nitrogen and oxygen atoms in total. The fourth-order valence-electron chi connectivity index (χ4n) is 2.52. The van der Waals surface area contributed by atoms with E-state index in [0.717, 1.165) is 47.1 Å². The van der Waals surface area contributed by atoms with Gasteiger partial charge in [0.2, 0.25) is 0 Å². The van der Waals surface area contributed by atoms with Crippen molar-refractivity contribution >= 4 is 17.6 Å². The van der Waals surface area contributed by atoms with Gasteiger partial charge in [0, 0.05) is 18.7 Å². The lowest BCUT2D eigenvalue weighted by Crippen LogP contribution is -2.22. The first kappa shape index (κ1) is 15.1. The third kappa shape index (κ3) is 3.16. The second kappa shape index (κ2) is 6.52. The summed E-state index contributed by atoms with van der Waals surface area (Å²) in [6.07, 6.45) is 2.42. The Bertz CT molecular complexity index is 631. The van der Waals surface area contributed by atoms with Gasteiger partial charge in [0.15, 0.2) is 11.5 Å². The minimum atomic E-state index is 0.263. The van der Waals surface area contributed by atoms with E-state index in [0.29, 0.717) is 5.82 Å². The normalized spacial score (nSPS) is 15.7. The van der Waals surface area contributed by atoms with Gasteiger partial charge in [-0.1, -0.05) is 0 Å². The maximum atomic E-state index is 6.17. The number of ether oxygens (including phenoxy) is 2. The second-order valence-electron chi connectivity index (χ2n) is 5.37. The Labute approximate surface area is 134 Å². The fourth-order valence-corrected chi connectivity index (χ4v) is 3.59. The molecule has 22 heavy (non-hydrogen) atoms. The minimum Gasteiger partial charge on any atom is -0.493 e. The van der Waals surface area contributed by atoms with E-state index < -0.39 is 0 Å². The van der Waals surface area contributed by atoms with Crippen LogP contribution in [0.15, 0.2) is 24.3 Å². The summed E-state index contributed by atoms with van der Waals surface area (Å²) in [5.74, 6) is 4.48. The number of aromatic nitrogens is 2. The zero-order chi connectivity index (χ0) is 15.5. The van der Waals surface area contributed by atoms with E-state index in [-0.39, 0.29) is 6.10 Å². The summed E-state index contributed by atoms with van der Waals surface area (Å²) in [7, 11) is 3.50. The van der Waals surface area contributed by atoms with Crippen LogP contribution in [-0.4, -0.2) is 34.5 Å². The SMILES string of the molecule is COc1ccc(-c2cc(N)n(C)n2)cc1OC1CCSCC1. The summed E-state index contributed by atoms with van der Waals surface area (Å²) in [5, 5.41) is 4.42. The van der Waals surface area contributed by atoms with Crippen LogP contribution in [0, 0.1) is 0 Å². The molecule has 0 saturated carbocycles. The van der Waals surface area contributed by atoms with Crippen LogP contribution in [-0.2, 0) is 7.05 Å². The van der Waals surface area contributed by atoms with Crippen LogP contribution in [0.5, 0.6) is 11.5 Å². The van der Waals surface area contributed by atoms with Crippen LogP contribution < -0.4 is 15.2 Å². The van der Waals surface area contributed by atoms with Crippen molar-refractivity contribution in [2.75, 3.05) is 24.3 Å². The Kier molecular flexibility index (Phi) is 4.47. The van der Waals surface area contributed by atoms with Crippen LogP contribution in [0.4, 0.5) is 5.82 Å². The van der Waals surface area contributed by atoms with Crippen LogP contribution in [0.2, 0.25) is 0 Å². The molecule has 0 radical (unpaired) electrons. The predicted molar refractivity (Wildman–Crippen MR) is 90.6 cm³/mol. The van der Waals surface area contributed by atoms with E-state index in [1.807, 2.05) is 43.1 Å². The van der Waals surface area contributed by atoms with E-state index in [1.165, 1.54) is 0 Å². The van der Waals surface area contributed by atoms with Crippen molar-refractivity contribution in [3.05, 3.63) is 24.3 Å². The molecule has 1 fully saturated rings. The lowest BCUT2D eigenvalue weighted by atomic mass is 10.1. The molecular formula is C16H21N3O2S. The Morgan fingerprint density at radius 1 is 1.23 bits per heavy atom. The lowest BCUT2D eigenvalue weighted by Gasteiger charge is -2.24. The van der Waals surface area contributed by atoms with Gasteiger partial charge in [-0.15, -0.1) is 0 Å². The zero-order valence-corrected chi connectivity index (χ0v) is 13.7. The summed E-state index contributed by atoms with van der Waals surface area (Å²) >= 11 is 1.99. The highest BCUT2D eigenvalue weighted by Gasteiger charge is 2.18. The third-order valence-corrected chi connectivity index (χ3v) is 4.89. The monoisotopic (exact) mass is 319 g/mol. The zero-order valence-electron chi connectivity index (χ0n) is 12.9. The van der Waals surface area contributed by atoms with Gasteiger partial charge in [0.05, 0.1) is 12.8 Å². The number of nitrogen functional groups attached to an aromatic ring is 1. The number of anilines is 1. The number of rotatable bonds is 4. The molecule has 0 bridgehead atoms. The standard InChI is InChI=1S/C16H21N3O2S/c1-19-16(17)10-13(18-19)11-3-4-14(20-2)15(9-11)21-12-5-7-22-8-6-12/h3-4,9-10,12H,5-8,17H2,1-2H3. The summed E-state index contributed by atoms with van der Waals surface area (Å²) in [6.45, 7) is 0. The Morgan fingerprint density at radius 2 is 2.00 bits per heavy atom. The van der Waals surface area contributed by atoms with Gasteiger partial charge in [-0.2, -0.15) is 16.9 Å². The molecule has 0 amide bonds. The van der Waals surface area contributed by atoms with E-state index in [1.54, 1.807) is 11.8 Å². The molecule has 3 rings (SSSR count). The van der Waals surface area contributed by atoms with Crippen molar-refractivity contribution in [3.8, 4) is 22.8 Å². The summed E-state index contributed by atoms with van der Waals surface area (Å²) in [5.41, 5.74) is 7.68. The maximum Gasteiger partial charge on any atom is 0.162 e. The van der Waals surface area contributed by atoms with Gasteiger partial charge in [-0.05, 0) is 42.5 Å². The summed E-state index contributed by atoms with van der Waals surface area (Å²) in [4.78, 5) is 0. The van der Waals surface area contributed by atoms with Crippen molar-refractivity contribution < 1.29 is 9.47 Å². The Hall–Kier alpha value is -1.82. The van der Waals surface area contributed by atoms with Gasteiger partial charge in [-0.3, -0.25) is 4.68 Å². The summed E-state index contributed by atoms with van der Waals surface area (Å²) < 4.78 is 13.3. The number of methoxy groups -OCH3 is 1. The highest BCUT2D eigenvalue weighted by atomic mass is 32.2. The summed E-state index contributed by atoms with van der Waals surface area (Å²) in [6, 6.07) is 7.75. The fraction of sp³-hybridized carbons (Fsp3) is 0.438. The van der Waals surface area contributed by atoms with Crippen molar-refractivity contribution in [2.45, 2.75) is 18.9 Å². The minimum absolute atomic E-state index is 0.263. The molecule has 118 valence electrons. The van der Waals surface area contributed by atoms with Gasteiger partial charge in [0.25, 0.3) is 0 Å². The topological polar surface area (TPSA) is 62.3 Å². The molecule has 2 N–H and O–H groups in total. The average molecular weight is 319 g/mol. The van der Waals surface area contributed by atoms with Crippen molar-refractivity contribution in [1.29, 1.82) is 0 Å². The highest BCUT2D eigenvalue weighted by molar-refractivity contribution is 7.99. The van der Waals surface area contributed by atoms with Gasteiger partial charge >= 0.3 is 0 Å². The highest BCUT2D eigenvalue weighted by Crippen LogP contribution is 2.34. The Balaban J connectivity index is 1.88. The lowest BCUT2D eigenvalue weighted by molar-refractivity contribution is 0.184. The first-order valence-corrected chi connectivity index (χ1v) is 8.55. The van der Waals surface area contributed by atoms with Gasteiger partial charge in [0.1, 0.15) is 11.9 Å². The van der Waals surface area contributed by atoms with E-state index in [2.05, 4.69) is 5.10 Å². The van der Waals surface area contributed by atoms with E-state index >= 15 is 0 Å². The predicted octanol–water partition coefficient (Wildman–Crippen LogP) is 2.95. The number of aryl methyl sites for hydroxylation is 1. The molecular weight excluding hydrogens is 298 g/mol. The largest absolute Gasteiger partial charge is 0.493 e. The number of nitrogens with two attached hydrogens (primary N) is 1. The van der Waals surface area contributed by atoms with Gasteiger partial charge in [-0.25, -0.2) is 0 Å². The molecule has 2 heterocycles. The van der Waals surface area contributed by atoms with Gasteiger partial charge < -0.3 is 15.2 Å². The van der Waals surface area contributed by atoms with E-state index in [4.69, 9.17) is 15.2 Å². The number of benzene rings is 1. The van der Waals surface area contributed by atoms with Crippen molar-refractivity contribution in [1.82, 2.24) is 9.78 Å². The van der Waals surface area contributed by atoms with Crippen LogP contribution in [0.25, 0.3) is 11.3 Å². The maximum absolute atomic E-state index is 6.17. The Morgan fingerprint density at radius 3 is 2.64 bits per heavy atom.